The zero-order valence-corrected chi connectivity index (χ0v) is 17.3. The molecule has 3 aromatic carbocycles. The van der Waals surface area contributed by atoms with Crippen LogP contribution in [0.4, 0.5) is 13.2 Å². The maximum absolute atomic E-state index is 12.8. The van der Waals surface area contributed by atoms with E-state index in [1.807, 2.05) is 47.2 Å². The van der Waals surface area contributed by atoms with E-state index in [0.29, 0.717) is 12.2 Å². The van der Waals surface area contributed by atoms with Gasteiger partial charge in [-0.15, -0.1) is 0 Å². The molecule has 1 unspecified atom stereocenters. The van der Waals surface area contributed by atoms with E-state index in [0.717, 1.165) is 39.9 Å². The van der Waals surface area contributed by atoms with Crippen LogP contribution in [0.25, 0.3) is 16.6 Å². The maximum atomic E-state index is 12.8. The number of hydrogen-bond donors (Lipinski definition) is 1. The molecule has 1 aromatic heterocycles. The van der Waals surface area contributed by atoms with Crippen molar-refractivity contribution in [2.24, 2.45) is 0 Å². The normalized spacial score (nSPS) is 12.8. The predicted octanol–water partition coefficient (Wildman–Crippen LogP) is 6.51. The first-order valence-corrected chi connectivity index (χ1v) is 10.00. The summed E-state index contributed by atoms with van der Waals surface area (Å²) in [7, 11) is 1.66. The van der Waals surface area contributed by atoms with Gasteiger partial charge in [0.2, 0.25) is 0 Å². The molecular weight excluding hydrogens is 401 g/mol. The fraction of sp³-hybridized carbons (Fsp3) is 0.200. The Morgan fingerprint density at radius 2 is 1.74 bits per heavy atom. The molecule has 0 radical (unpaired) electrons. The van der Waals surface area contributed by atoms with E-state index >= 15 is 0 Å². The summed E-state index contributed by atoms with van der Waals surface area (Å²) in [4.78, 5) is 0. The molecule has 1 atom stereocenters. The number of nitrogens with zero attached hydrogens (tertiary/aromatic N) is 1. The molecule has 1 N–H and O–H groups in total. The number of ether oxygens (including phenoxy) is 1. The Morgan fingerprint density at radius 1 is 0.968 bits per heavy atom. The van der Waals surface area contributed by atoms with Crippen molar-refractivity contribution >= 4 is 10.9 Å². The fourth-order valence-corrected chi connectivity index (χ4v) is 3.64. The second kappa shape index (κ2) is 8.47. The number of nitrogens with one attached hydrogen (secondary N) is 1. The predicted molar refractivity (Wildman–Crippen MR) is 117 cm³/mol. The SMILES string of the molecule is COc1cccc(C(C)NCc2ccc3c(ccn3-c3ccc(C(F)(F)F)cc3)c2)c1. The van der Waals surface area contributed by atoms with Crippen LogP contribution in [-0.2, 0) is 12.7 Å². The minimum atomic E-state index is -4.33. The smallest absolute Gasteiger partial charge is 0.416 e. The number of fused-ring (bicyclic) bond motifs is 1. The first kappa shape index (κ1) is 21.0. The number of hydrogen-bond acceptors (Lipinski definition) is 2. The molecule has 0 saturated heterocycles. The number of alkyl halides is 3. The van der Waals surface area contributed by atoms with Crippen LogP contribution in [0.3, 0.4) is 0 Å². The zero-order valence-electron chi connectivity index (χ0n) is 17.3. The van der Waals surface area contributed by atoms with Gasteiger partial charge in [-0.1, -0.05) is 18.2 Å². The molecule has 4 aromatic rings. The number of methoxy groups -OCH3 is 1. The molecule has 0 bridgehead atoms. The highest BCUT2D eigenvalue weighted by atomic mass is 19.4. The van der Waals surface area contributed by atoms with Gasteiger partial charge in [-0.05, 0) is 72.6 Å². The van der Waals surface area contributed by atoms with Crippen LogP contribution in [0, 0.1) is 0 Å². The Kier molecular flexibility index (Phi) is 5.74. The van der Waals surface area contributed by atoms with Gasteiger partial charge in [0.05, 0.1) is 18.2 Å². The van der Waals surface area contributed by atoms with Crippen molar-refractivity contribution in [1.82, 2.24) is 9.88 Å². The van der Waals surface area contributed by atoms with Crippen LogP contribution < -0.4 is 10.1 Å². The Hall–Kier alpha value is -3.25. The molecule has 0 aliphatic carbocycles. The highest BCUT2D eigenvalue weighted by Gasteiger charge is 2.30. The van der Waals surface area contributed by atoms with Gasteiger partial charge >= 0.3 is 6.18 Å². The Balaban J connectivity index is 1.49. The standard InChI is InChI=1S/C25H23F3N2O/c1-17(19-4-3-5-23(15-19)31-2)29-16-18-6-11-24-20(14-18)12-13-30(24)22-9-7-21(8-10-22)25(26,27)28/h3-15,17,29H,16H2,1-2H3. The number of rotatable bonds is 6. The maximum Gasteiger partial charge on any atom is 0.416 e. The average Bonchev–Trinajstić information content (AvgIpc) is 3.20. The zero-order chi connectivity index (χ0) is 22.0. The summed E-state index contributed by atoms with van der Waals surface area (Å²) in [5, 5.41) is 4.56. The van der Waals surface area contributed by atoms with Crippen molar-refractivity contribution in [1.29, 1.82) is 0 Å². The number of benzene rings is 3. The lowest BCUT2D eigenvalue weighted by Crippen LogP contribution is -2.18. The molecule has 160 valence electrons. The van der Waals surface area contributed by atoms with Gasteiger partial charge in [-0.2, -0.15) is 13.2 Å². The van der Waals surface area contributed by atoms with E-state index in [9.17, 15) is 13.2 Å². The third-order valence-electron chi connectivity index (χ3n) is 5.43. The summed E-state index contributed by atoms with van der Waals surface area (Å²) in [6.07, 6.45) is -2.45. The summed E-state index contributed by atoms with van der Waals surface area (Å²) in [5.74, 6) is 0.831. The molecule has 0 aliphatic rings. The molecule has 0 saturated carbocycles. The Bertz CT molecular complexity index is 1180. The third kappa shape index (κ3) is 4.59. The van der Waals surface area contributed by atoms with E-state index in [4.69, 9.17) is 4.74 Å². The molecule has 31 heavy (non-hydrogen) atoms. The summed E-state index contributed by atoms with van der Waals surface area (Å²) < 4.78 is 45.6. The van der Waals surface area contributed by atoms with Gasteiger partial charge in [0.25, 0.3) is 0 Å². The summed E-state index contributed by atoms with van der Waals surface area (Å²) in [6.45, 7) is 2.80. The highest BCUT2D eigenvalue weighted by molar-refractivity contribution is 5.82. The van der Waals surface area contributed by atoms with Crippen LogP contribution in [-0.4, -0.2) is 11.7 Å². The average molecular weight is 424 g/mol. The van der Waals surface area contributed by atoms with Crippen LogP contribution in [0.5, 0.6) is 5.75 Å². The highest BCUT2D eigenvalue weighted by Crippen LogP contribution is 2.30. The first-order valence-electron chi connectivity index (χ1n) is 10.00. The Morgan fingerprint density at radius 3 is 2.45 bits per heavy atom. The second-order valence-electron chi connectivity index (χ2n) is 7.50. The van der Waals surface area contributed by atoms with Crippen molar-refractivity contribution in [3.63, 3.8) is 0 Å². The van der Waals surface area contributed by atoms with E-state index in [2.05, 4.69) is 24.4 Å². The molecule has 0 fully saturated rings. The van der Waals surface area contributed by atoms with Crippen molar-refractivity contribution in [2.45, 2.75) is 25.7 Å². The van der Waals surface area contributed by atoms with Crippen molar-refractivity contribution in [2.75, 3.05) is 7.11 Å². The largest absolute Gasteiger partial charge is 0.497 e. The van der Waals surface area contributed by atoms with E-state index in [1.165, 1.54) is 12.1 Å². The number of halogens is 3. The van der Waals surface area contributed by atoms with Gasteiger partial charge in [0.15, 0.2) is 0 Å². The quantitative estimate of drug-likeness (QED) is 0.382. The molecule has 0 spiro atoms. The lowest BCUT2D eigenvalue weighted by Gasteiger charge is -2.15. The minimum absolute atomic E-state index is 0.155. The van der Waals surface area contributed by atoms with Crippen LogP contribution in [0.15, 0.2) is 79.0 Å². The summed E-state index contributed by atoms with van der Waals surface area (Å²) in [5.41, 5.74) is 3.28. The molecular formula is C25H23F3N2O. The second-order valence-corrected chi connectivity index (χ2v) is 7.50. The molecule has 0 amide bonds. The fourth-order valence-electron chi connectivity index (χ4n) is 3.64. The van der Waals surface area contributed by atoms with Crippen molar-refractivity contribution in [3.8, 4) is 11.4 Å². The summed E-state index contributed by atoms with van der Waals surface area (Å²) in [6, 6.07) is 21.5. The first-order chi connectivity index (χ1) is 14.8. The molecule has 6 heteroatoms. The van der Waals surface area contributed by atoms with Gasteiger partial charge in [-0.3, -0.25) is 0 Å². The van der Waals surface area contributed by atoms with Crippen LogP contribution >= 0.6 is 0 Å². The van der Waals surface area contributed by atoms with E-state index in [1.54, 1.807) is 7.11 Å². The van der Waals surface area contributed by atoms with Gasteiger partial charge in [0, 0.05) is 29.9 Å². The molecule has 4 rings (SSSR count). The van der Waals surface area contributed by atoms with E-state index < -0.39 is 11.7 Å². The Labute approximate surface area is 179 Å². The van der Waals surface area contributed by atoms with Gasteiger partial charge in [0.1, 0.15) is 5.75 Å². The van der Waals surface area contributed by atoms with Crippen LogP contribution in [0.1, 0.15) is 29.7 Å². The van der Waals surface area contributed by atoms with Crippen LogP contribution in [0.2, 0.25) is 0 Å². The molecule has 1 heterocycles. The third-order valence-corrected chi connectivity index (χ3v) is 5.43. The van der Waals surface area contributed by atoms with Crippen molar-refractivity contribution in [3.05, 3.63) is 95.7 Å². The van der Waals surface area contributed by atoms with Crippen molar-refractivity contribution < 1.29 is 17.9 Å². The topological polar surface area (TPSA) is 26.2 Å². The minimum Gasteiger partial charge on any atom is -0.497 e. The van der Waals surface area contributed by atoms with Gasteiger partial charge in [-0.25, -0.2) is 0 Å². The molecule has 0 aliphatic heterocycles. The lowest BCUT2D eigenvalue weighted by atomic mass is 10.1. The van der Waals surface area contributed by atoms with Gasteiger partial charge < -0.3 is 14.6 Å². The molecule has 3 nitrogen and oxygen atoms in total. The van der Waals surface area contributed by atoms with E-state index in [-0.39, 0.29) is 6.04 Å². The summed E-state index contributed by atoms with van der Waals surface area (Å²) >= 11 is 0. The monoisotopic (exact) mass is 424 g/mol. The lowest BCUT2D eigenvalue weighted by molar-refractivity contribution is -0.137. The number of aromatic nitrogens is 1.